The third-order valence-electron chi connectivity index (χ3n) is 7.58. The van der Waals surface area contributed by atoms with Crippen LogP contribution in [0, 0.1) is 5.82 Å². The van der Waals surface area contributed by atoms with Crippen molar-refractivity contribution in [2.24, 2.45) is 0 Å². The first-order valence-corrected chi connectivity index (χ1v) is 17.5. The molecule has 41 heavy (non-hydrogen) atoms. The van der Waals surface area contributed by atoms with Crippen molar-refractivity contribution < 1.29 is 27.1 Å². The molecule has 0 spiro atoms. The van der Waals surface area contributed by atoms with Crippen molar-refractivity contribution in [3.8, 4) is 11.3 Å². The summed E-state index contributed by atoms with van der Waals surface area (Å²) >= 11 is 5.95. The molecule has 1 amide bonds. The number of aromatic nitrogens is 3. The molecule has 220 valence electrons. The number of carbonyl (C=O) groups excluding carboxylic acids is 1. The van der Waals surface area contributed by atoms with Gasteiger partial charge in [-0.2, -0.15) is 13.2 Å². The van der Waals surface area contributed by atoms with E-state index in [4.69, 9.17) is 22.1 Å². The number of imidazole rings is 1. The number of nitrogen functional groups attached to an aromatic ring is 1. The minimum atomic E-state index is -4.58. The van der Waals surface area contributed by atoms with Crippen molar-refractivity contribution in [2.45, 2.75) is 69.9 Å². The molecule has 5 rings (SSSR count). The Kier molecular flexibility index (Phi) is 7.86. The number of H-pyrrole nitrogens is 1. The summed E-state index contributed by atoms with van der Waals surface area (Å²) in [5, 5.41) is -0.0809. The molecule has 0 aliphatic carbocycles. The number of hydrogen-bond donors (Lipinski definition) is 2. The van der Waals surface area contributed by atoms with Gasteiger partial charge in [-0.15, -0.1) is 0 Å². The molecule has 2 aliphatic heterocycles. The fraction of sp³-hybridized carbons (Fsp3) is 0.429. The number of halogens is 5. The van der Waals surface area contributed by atoms with Crippen LogP contribution < -0.4 is 5.73 Å². The zero-order valence-corrected chi connectivity index (χ0v) is 24.7. The van der Waals surface area contributed by atoms with Gasteiger partial charge in [0.2, 0.25) is 5.91 Å². The van der Waals surface area contributed by atoms with E-state index in [9.17, 15) is 22.4 Å². The first-order valence-electron chi connectivity index (χ1n) is 13.4. The zero-order valence-electron chi connectivity index (χ0n) is 23.0. The lowest BCUT2D eigenvalue weighted by molar-refractivity contribution is -0.137. The van der Waals surface area contributed by atoms with Gasteiger partial charge in [0.05, 0.1) is 28.5 Å². The molecule has 2 atom stereocenters. The Bertz CT molecular complexity index is 1490. The Balaban J connectivity index is 1.37. The minimum absolute atomic E-state index is 0.00748. The SMILES string of the molecule is C[Si](C)(C)CCOCn1cc(-c2cnc(C3CC[C@@H]4CC(c5c(N)ccc(Cl)c5F)=CC(=O)N34)[nH]2)c(C(F)(F)F)c1. The fourth-order valence-corrected chi connectivity index (χ4v) is 6.42. The molecule has 2 aromatic heterocycles. The van der Waals surface area contributed by atoms with Crippen LogP contribution >= 0.6 is 11.6 Å². The second-order valence-corrected chi connectivity index (χ2v) is 17.8. The Morgan fingerprint density at radius 2 is 1.98 bits per heavy atom. The second kappa shape index (κ2) is 11.0. The highest BCUT2D eigenvalue weighted by atomic mass is 35.5. The number of ether oxygens (including phenoxy) is 1. The predicted octanol–water partition coefficient (Wildman–Crippen LogP) is 7.10. The summed E-state index contributed by atoms with van der Waals surface area (Å²) < 4.78 is 63.7. The lowest BCUT2D eigenvalue weighted by Crippen LogP contribution is -2.39. The number of amides is 1. The summed E-state index contributed by atoms with van der Waals surface area (Å²) in [6, 6.07) is 3.09. The molecular weight excluding hydrogens is 578 g/mol. The molecule has 0 bridgehead atoms. The standard InChI is InChI=1S/C28H32ClF4N5O2Si/c1-41(2,3)9-8-40-15-37-13-18(19(14-37)28(31,32)33)22-12-35-27(36-22)23-7-4-17-10-16(11-24(39)38(17)23)25-21(34)6-5-20(29)26(25)30/h5-6,11-14,17,23H,4,7-10,15,34H2,1-3H3,(H,35,36)/t17-,23?/m1/s1. The van der Waals surface area contributed by atoms with Crippen LogP contribution in [0.25, 0.3) is 16.8 Å². The van der Waals surface area contributed by atoms with Gasteiger partial charge in [0, 0.05) is 56.0 Å². The van der Waals surface area contributed by atoms with Gasteiger partial charge in [-0.05, 0) is 43.0 Å². The zero-order chi connectivity index (χ0) is 29.7. The monoisotopic (exact) mass is 609 g/mol. The Labute approximate surface area is 241 Å². The number of alkyl halides is 3. The van der Waals surface area contributed by atoms with Gasteiger partial charge in [0.25, 0.3) is 0 Å². The number of nitrogens with two attached hydrogens (primary N) is 1. The number of hydrogen-bond acceptors (Lipinski definition) is 4. The quantitative estimate of drug-likeness (QED) is 0.123. The molecule has 3 aromatic rings. The maximum Gasteiger partial charge on any atom is 0.418 e. The third-order valence-corrected chi connectivity index (χ3v) is 9.58. The summed E-state index contributed by atoms with van der Waals surface area (Å²) in [6.45, 7) is 7.10. The minimum Gasteiger partial charge on any atom is -0.398 e. The molecule has 1 saturated heterocycles. The first-order chi connectivity index (χ1) is 19.2. The number of rotatable bonds is 8. The molecule has 0 radical (unpaired) electrons. The maximum absolute atomic E-state index is 14.8. The molecule has 2 aliphatic rings. The highest BCUT2D eigenvalue weighted by Gasteiger charge is 2.42. The van der Waals surface area contributed by atoms with Crippen LogP contribution in [0.5, 0.6) is 0 Å². The summed E-state index contributed by atoms with van der Waals surface area (Å²) in [6.07, 6.45) is 2.12. The van der Waals surface area contributed by atoms with E-state index >= 15 is 0 Å². The molecule has 1 fully saturated rings. The van der Waals surface area contributed by atoms with Gasteiger partial charge >= 0.3 is 6.18 Å². The number of carbonyl (C=O) groups is 1. The number of anilines is 1. The van der Waals surface area contributed by atoms with E-state index < -0.39 is 31.7 Å². The summed E-state index contributed by atoms with van der Waals surface area (Å²) in [4.78, 5) is 22.3. The van der Waals surface area contributed by atoms with Gasteiger partial charge in [0.1, 0.15) is 12.6 Å². The Morgan fingerprint density at radius 3 is 2.68 bits per heavy atom. The average molecular weight is 610 g/mol. The van der Waals surface area contributed by atoms with Crippen LogP contribution in [0.4, 0.5) is 23.2 Å². The van der Waals surface area contributed by atoms with Crippen molar-refractivity contribution in [1.82, 2.24) is 19.4 Å². The summed E-state index contributed by atoms with van der Waals surface area (Å²) in [5.41, 5.74) is 6.16. The number of nitrogens with one attached hydrogen (secondary N) is 1. The summed E-state index contributed by atoms with van der Waals surface area (Å²) in [5.74, 6) is -0.611. The predicted molar refractivity (Wildman–Crippen MR) is 152 cm³/mol. The number of benzene rings is 1. The molecule has 1 aromatic carbocycles. The second-order valence-electron chi connectivity index (χ2n) is 11.8. The van der Waals surface area contributed by atoms with E-state index in [1.807, 2.05) is 0 Å². The Hall–Kier alpha value is -3.09. The summed E-state index contributed by atoms with van der Waals surface area (Å²) in [7, 11) is -1.33. The molecule has 3 N–H and O–H groups in total. The lowest BCUT2D eigenvalue weighted by Gasteiger charge is -2.33. The average Bonchev–Trinajstić information content (AvgIpc) is 3.61. The molecule has 13 heteroatoms. The van der Waals surface area contributed by atoms with Crippen LogP contribution in [0.3, 0.4) is 0 Å². The van der Waals surface area contributed by atoms with Gasteiger partial charge in [-0.3, -0.25) is 4.79 Å². The molecule has 1 unspecified atom stereocenters. The normalized spacial score (nSPS) is 19.6. The number of aromatic amines is 1. The third kappa shape index (κ3) is 6.09. The van der Waals surface area contributed by atoms with Gasteiger partial charge in [0.15, 0.2) is 5.82 Å². The van der Waals surface area contributed by atoms with Crippen LogP contribution in [0.2, 0.25) is 30.7 Å². The smallest absolute Gasteiger partial charge is 0.398 e. The molecule has 0 saturated carbocycles. The van der Waals surface area contributed by atoms with E-state index in [1.165, 1.54) is 35.2 Å². The largest absolute Gasteiger partial charge is 0.418 e. The van der Waals surface area contributed by atoms with Gasteiger partial charge in [-0.1, -0.05) is 31.2 Å². The number of fused-ring (bicyclic) bond motifs is 1. The van der Waals surface area contributed by atoms with Crippen molar-refractivity contribution in [3.05, 3.63) is 64.6 Å². The molecular formula is C28H32ClF4N5O2Si. The lowest BCUT2D eigenvalue weighted by atomic mass is 9.92. The van der Waals surface area contributed by atoms with E-state index in [0.29, 0.717) is 37.3 Å². The van der Waals surface area contributed by atoms with Crippen molar-refractivity contribution >= 4 is 36.8 Å². The van der Waals surface area contributed by atoms with Crippen LogP contribution in [0.15, 0.2) is 36.8 Å². The van der Waals surface area contributed by atoms with Crippen LogP contribution in [0.1, 0.15) is 42.3 Å². The van der Waals surface area contributed by atoms with E-state index in [-0.39, 0.29) is 46.2 Å². The molecule has 7 nitrogen and oxygen atoms in total. The van der Waals surface area contributed by atoms with Crippen molar-refractivity contribution in [2.75, 3.05) is 12.3 Å². The molecule has 4 heterocycles. The van der Waals surface area contributed by atoms with Crippen molar-refractivity contribution in [1.29, 1.82) is 0 Å². The van der Waals surface area contributed by atoms with Crippen LogP contribution in [-0.4, -0.2) is 46.1 Å². The van der Waals surface area contributed by atoms with Gasteiger partial charge < -0.3 is 24.9 Å². The Morgan fingerprint density at radius 1 is 1.22 bits per heavy atom. The number of nitrogens with zero attached hydrogens (tertiary/aromatic N) is 3. The fourth-order valence-electron chi connectivity index (χ4n) is 5.50. The van der Waals surface area contributed by atoms with E-state index in [0.717, 1.165) is 12.2 Å². The highest BCUT2D eigenvalue weighted by Crippen LogP contribution is 2.44. The van der Waals surface area contributed by atoms with Gasteiger partial charge in [-0.25, -0.2) is 9.37 Å². The van der Waals surface area contributed by atoms with Crippen molar-refractivity contribution in [3.63, 3.8) is 0 Å². The first kappa shape index (κ1) is 29.4. The maximum atomic E-state index is 14.8. The van der Waals surface area contributed by atoms with E-state index in [1.54, 1.807) is 4.90 Å². The van der Waals surface area contributed by atoms with Crippen LogP contribution in [-0.2, 0) is 22.4 Å². The topological polar surface area (TPSA) is 89.2 Å². The highest BCUT2D eigenvalue weighted by molar-refractivity contribution is 6.76. The van der Waals surface area contributed by atoms with E-state index in [2.05, 4.69) is 29.6 Å².